The minimum absolute atomic E-state index is 0.105. The van der Waals surface area contributed by atoms with Gasteiger partial charge in [0.05, 0.1) is 42.8 Å². The van der Waals surface area contributed by atoms with E-state index < -0.39 is 5.92 Å². The van der Waals surface area contributed by atoms with Crippen molar-refractivity contribution in [2.24, 2.45) is 11.7 Å². The van der Waals surface area contributed by atoms with Crippen LogP contribution in [0, 0.1) is 5.92 Å². The number of rotatable bonds is 18. The molecule has 0 aliphatic carbocycles. The smallest absolute Gasteiger partial charge is 0.302 e. The van der Waals surface area contributed by atoms with Crippen molar-refractivity contribution in [2.75, 3.05) is 52.0 Å². The summed E-state index contributed by atoms with van der Waals surface area (Å²) in [5.74, 6) is 0.824. The Labute approximate surface area is 301 Å². The zero-order chi connectivity index (χ0) is 36.4. The van der Waals surface area contributed by atoms with Gasteiger partial charge in [-0.05, 0) is 89.4 Å². The van der Waals surface area contributed by atoms with Gasteiger partial charge in [0.2, 0.25) is 0 Å². The number of carbonyl (C=O) groups is 3. The number of benzene rings is 3. The largest absolute Gasteiger partial charge is 0.493 e. The Morgan fingerprint density at radius 3 is 2.18 bits per heavy atom. The van der Waals surface area contributed by atoms with Gasteiger partial charge in [-0.25, -0.2) is 4.98 Å². The van der Waals surface area contributed by atoms with E-state index in [-0.39, 0.29) is 43.8 Å². The average Bonchev–Trinajstić information content (AvgIpc) is 3.48. The molecule has 0 fully saturated rings. The topological polar surface area (TPSA) is 147 Å². The number of imidazole rings is 1. The van der Waals surface area contributed by atoms with Gasteiger partial charge in [-0.3, -0.25) is 9.59 Å². The monoisotopic (exact) mass is 751 g/mol. The lowest BCUT2D eigenvalue weighted by Gasteiger charge is -2.25. The fourth-order valence-electron chi connectivity index (χ4n) is 5.91. The first-order valence-corrected chi connectivity index (χ1v) is 17.2. The second-order valence-corrected chi connectivity index (χ2v) is 12.9. The first-order chi connectivity index (χ1) is 24.0. The summed E-state index contributed by atoms with van der Waals surface area (Å²) in [5, 5.41) is 3.55. The summed E-state index contributed by atoms with van der Waals surface area (Å²) in [6.07, 6.45) is 0.897. The zero-order valence-electron chi connectivity index (χ0n) is 29.4. The Balaban J connectivity index is 1.65. The van der Waals surface area contributed by atoms with E-state index in [0.29, 0.717) is 31.1 Å². The highest BCUT2D eigenvalue weighted by Crippen LogP contribution is 2.37. The standard InChI is InChI=1S/C37H46BrN5O7/c1-23(2)43-33-12-9-28(35(29(20-39)22-44)40-21-26-17-31(38)36(48-6)34(18-26)47-5)19-32(33)41-37(43)27-7-10-30(11-8-27)42(13-15-49-24(3)45)14-16-50-25(4)46/h7-12,17-19,22-23,29,35,40H,13-16,20-21,39H2,1-6H3. The van der Waals surface area contributed by atoms with Crippen LogP contribution in [0.3, 0.4) is 0 Å². The second-order valence-electron chi connectivity index (χ2n) is 12.1. The molecule has 268 valence electrons. The van der Waals surface area contributed by atoms with Gasteiger partial charge in [0.15, 0.2) is 11.5 Å². The number of methoxy groups -OCH3 is 2. The van der Waals surface area contributed by atoms with Gasteiger partial charge in [-0.2, -0.15) is 0 Å². The molecule has 4 rings (SSSR count). The molecule has 4 aromatic rings. The van der Waals surface area contributed by atoms with Crippen molar-refractivity contribution in [3.63, 3.8) is 0 Å². The molecule has 0 bridgehead atoms. The van der Waals surface area contributed by atoms with E-state index in [9.17, 15) is 14.4 Å². The van der Waals surface area contributed by atoms with Crippen LogP contribution in [0.4, 0.5) is 5.69 Å². The van der Waals surface area contributed by atoms with Gasteiger partial charge in [0.25, 0.3) is 0 Å². The lowest BCUT2D eigenvalue weighted by molar-refractivity contribution is -0.141. The van der Waals surface area contributed by atoms with Crippen molar-refractivity contribution in [1.29, 1.82) is 0 Å². The molecule has 1 heterocycles. The van der Waals surface area contributed by atoms with Gasteiger partial charge in [0, 0.05) is 56.2 Å². The number of nitrogens with two attached hydrogens (primary N) is 1. The molecular formula is C37H46BrN5O7. The molecule has 0 radical (unpaired) electrons. The van der Waals surface area contributed by atoms with Gasteiger partial charge in [0.1, 0.15) is 25.3 Å². The molecule has 3 N–H and O–H groups in total. The number of aromatic nitrogens is 2. The van der Waals surface area contributed by atoms with E-state index in [1.807, 2.05) is 59.5 Å². The molecule has 2 atom stereocenters. The highest BCUT2D eigenvalue weighted by atomic mass is 79.9. The van der Waals surface area contributed by atoms with Crippen LogP contribution in [0.2, 0.25) is 0 Å². The first-order valence-electron chi connectivity index (χ1n) is 16.4. The predicted octanol–water partition coefficient (Wildman–Crippen LogP) is 5.60. The second kappa shape index (κ2) is 18.0. The minimum Gasteiger partial charge on any atom is -0.493 e. The minimum atomic E-state index is -0.472. The summed E-state index contributed by atoms with van der Waals surface area (Å²) in [5.41, 5.74) is 11.5. The number of fused-ring (bicyclic) bond motifs is 1. The normalized spacial score (nSPS) is 12.4. The predicted molar refractivity (Wildman–Crippen MR) is 196 cm³/mol. The van der Waals surface area contributed by atoms with Crippen LogP contribution in [0.25, 0.3) is 22.4 Å². The maximum atomic E-state index is 12.2. The highest BCUT2D eigenvalue weighted by molar-refractivity contribution is 9.10. The summed E-state index contributed by atoms with van der Waals surface area (Å²) in [6, 6.07) is 17.6. The summed E-state index contributed by atoms with van der Waals surface area (Å²) in [6.45, 7) is 8.88. The number of hydrogen-bond donors (Lipinski definition) is 2. The molecule has 13 heteroatoms. The van der Waals surface area contributed by atoms with Crippen molar-refractivity contribution in [2.45, 2.75) is 46.3 Å². The Bertz CT molecular complexity index is 1760. The van der Waals surface area contributed by atoms with E-state index in [0.717, 1.165) is 50.0 Å². The number of halogens is 1. The van der Waals surface area contributed by atoms with Crippen LogP contribution in [-0.4, -0.2) is 74.8 Å². The van der Waals surface area contributed by atoms with Crippen molar-refractivity contribution < 1.29 is 33.3 Å². The average molecular weight is 753 g/mol. The molecule has 0 saturated carbocycles. The molecule has 0 amide bonds. The van der Waals surface area contributed by atoms with Gasteiger partial charge >= 0.3 is 11.9 Å². The molecule has 0 spiro atoms. The molecule has 0 aliphatic heterocycles. The molecular weight excluding hydrogens is 706 g/mol. The Hall–Kier alpha value is -4.46. The fraction of sp³-hybridized carbons (Fsp3) is 0.405. The number of hydrogen-bond acceptors (Lipinski definition) is 11. The Morgan fingerprint density at radius 1 is 0.980 bits per heavy atom. The van der Waals surface area contributed by atoms with E-state index in [4.69, 9.17) is 29.7 Å². The van der Waals surface area contributed by atoms with Crippen LogP contribution in [0.1, 0.15) is 50.9 Å². The molecule has 3 aromatic carbocycles. The van der Waals surface area contributed by atoms with E-state index in [1.165, 1.54) is 13.8 Å². The molecule has 0 saturated heterocycles. The summed E-state index contributed by atoms with van der Waals surface area (Å²) < 4.78 is 24.2. The van der Waals surface area contributed by atoms with Crippen molar-refractivity contribution in [3.8, 4) is 22.9 Å². The number of nitrogens with one attached hydrogen (secondary N) is 1. The fourth-order valence-corrected chi connectivity index (χ4v) is 6.57. The quantitative estimate of drug-likeness (QED) is 0.0967. The molecule has 2 unspecified atom stereocenters. The van der Waals surface area contributed by atoms with Crippen LogP contribution in [-0.2, 0) is 30.4 Å². The van der Waals surface area contributed by atoms with E-state index in [1.54, 1.807) is 14.2 Å². The maximum absolute atomic E-state index is 12.2. The third-order valence-corrected chi connectivity index (χ3v) is 8.90. The molecule has 12 nitrogen and oxygen atoms in total. The molecule has 1 aromatic heterocycles. The first kappa shape index (κ1) is 38.3. The van der Waals surface area contributed by atoms with Crippen LogP contribution < -0.4 is 25.4 Å². The number of carbonyl (C=O) groups excluding carboxylic acids is 3. The SMILES string of the molecule is COc1cc(CNC(c2ccc3c(c2)nc(-c2ccc(N(CCOC(C)=O)CCOC(C)=O)cc2)n3C(C)C)C(C=O)CN)cc(Br)c1OC. The maximum Gasteiger partial charge on any atom is 0.302 e. The Kier molecular flexibility index (Phi) is 13.8. The van der Waals surface area contributed by atoms with Crippen molar-refractivity contribution in [3.05, 3.63) is 70.2 Å². The van der Waals surface area contributed by atoms with Crippen molar-refractivity contribution >= 4 is 50.9 Å². The van der Waals surface area contributed by atoms with E-state index >= 15 is 0 Å². The lowest BCUT2D eigenvalue weighted by Crippen LogP contribution is -2.33. The molecule has 50 heavy (non-hydrogen) atoms. The van der Waals surface area contributed by atoms with Crippen LogP contribution in [0.15, 0.2) is 59.1 Å². The third kappa shape index (κ3) is 9.40. The van der Waals surface area contributed by atoms with E-state index in [2.05, 4.69) is 39.7 Å². The van der Waals surface area contributed by atoms with Crippen LogP contribution in [0.5, 0.6) is 11.5 Å². The highest BCUT2D eigenvalue weighted by Gasteiger charge is 2.24. The summed E-state index contributed by atoms with van der Waals surface area (Å²) in [4.78, 5) is 42.0. The third-order valence-electron chi connectivity index (χ3n) is 8.31. The van der Waals surface area contributed by atoms with Gasteiger partial charge in [-0.15, -0.1) is 0 Å². The zero-order valence-corrected chi connectivity index (χ0v) is 31.0. The Morgan fingerprint density at radius 2 is 1.64 bits per heavy atom. The number of aldehydes is 1. The number of nitrogens with zero attached hydrogens (tertiary/aromatic N) is 3. The van der Waals surface area contributed by atoms with Gasteiger partial charge < -0.3 is 44.3 Å². The number of esters is 2. The number of anilines is 1. The number of ether oxygens (including phenoxy) is 4. The van der Waals surface area contributed by atoms with Crippen LogP contribution >= 0.6 is 15.9 Å². The molecule has 0 aliphatic rings. The van der Waals surface area contributed by atoms with Crippen molar-refractivity contribution in [1.82, 2.24) is 14.9 Å². The summed E-state index contributed by atoms with van der Waals surface area (Å²) in [7, 11) is 3.18. The lowest BCUT2D eigenvalue weighted by atomic mass is 9.93. The van der Waals surface area contributed by atoms with Gasteiger partial charge in [-0.1, -0.05) is 6.07 Å². The summed E-state index contributed by atoms with van der Waals surface area (Å²) >= 11 is 3.56.